The largest absolute Gasteiger partial charge is 0.480 e. The summed E-state index contributed by atoms with van der Waals surface area (Å²) >= 11 is 5.68. The van der Waals surface area contributed by atoms with E-state index in [1.807, 2.05) is 12.3 Å². The average molecular weight is 522 g/mol. The molecule has 0 bridgehead atoms. The average Bonchev–Trinajstić information content (AvgIpc) is 2.83. The van der Waals surface area contributed by atoms with Crippen molar-refractivity contribution in [3.05, 3.63) is 36.4 Å². The van der Waals surface area contributed by atoms with E-state index < -0.39 is 24.5 Å². The molecule has 0 aliphatic heterocycles. The highest BCUT2D eigenvalue weighted by molar-refractivity contribution is 7.98. The molecule has 10 nitrogen and oxygen atoms in total. The maximum absolute atomic E-state index is 12.4. The summed E-state index contributed by atoms with van der Waals surface area (Å²) in [5.41, 5.74) is 8.36. The molecule has 6 N–H and O–H groups in total. The number of rotatable bonds is 14. The Morgan fingerprint density at radius 1 is 1.26 bits per heavy atom. The highest BCUT2D eigenvalue weighted by atomic mass is 32.2. The van der Waals surface area contributed by atoms with Crippen LogP contribution in [0, 0.1) is 0 Å². The molecule has 190 valence electrons. The molecule has 0 aliphatic rings. The molecule has 0 spiro atoms. The number of aromatic nitrogens is 1. The molecule has 2 aromatic rings. The van der Waals surface area contributed by atoms with Gasteiger partial charge in [0.2, 0.25) is 11.8 Å². The van der Waals surface area contributed by atoms with Crippen LogP contribution in [0.3, 0.4) is 0 Å². The number of ether oxygens (including phenoxy) is 1. The van der Waals surface area contributed by atoms with Gasteiger partial charge >= 0.3 is 5.97 Å². The second-order valence-electron chi connectivity index (χ2n) is 7.66. The molecule has 1 aromatic heterocycles. The van der Waals surface area contributed by atoms with Gasteiger partial charge in [0.15, 0.2) is 6.61 Å². The zero-order valence-electron chi connectivity index (χ0n) is 19.6. The number of nitrogens with two attached hydrogens (primary N) is 1. The number of nitrogens with one attached hydrogen (secondary N) is 3. The number of anilines is 2. The van der Waals surface area contributed by atoms with Crippen molar-refractivity contribution in [1.29, 1.82) is 0 Å². The molecule has 0 saturated heterocycles. The number of amides is 2. The Bertz CT molecular complexity index is 1020. The fourth-order valence-corrected chi connectivity index (χ4v) is 3.57. The Kier molecular flexibility index (Phi) is 11.7. The number of thiol groups is 1. The zero-order chi connectivity index (χ0) is 25.8. The Hall–Kier alpha value is -2.96. The number of carbonyl (C=O) groups excluding carboxylic acids is 2. The molecule has 35 heavy (non-hydrogen) atoms. The van der Waals surface area contributed by atoms with E-state index in [4.69, 9.17) is 10.5 Å². The maximum atomic E-state index is 12.4. The number of benzene rings is 1. The Morgan fingerprint density at radius 3 is 2.69 bits per heavy atom. The number of hydrogen-bond donors (Lipinski definition) is 6. The number of aliphatic carboxylic acids is 1. The van der Waals surface area contributed by atoms with Crippen molar-refractivity contribution in [1.82, 2.24) is 10.3 Å². The van der Waals surface area contributed by atoms with Gasteiger partial charge in [-0.2, -0.15) is 24.4 Å². The normalized spacial score (nSPS) is 12.3. The van der Waals surface area contributed by atoms with Gasteiger partial charge in [-0.05, 0) is 42.7 Å². The summed E-state index contributed by atoms with van der Waals surface area (Å²) in [6.07, 6.45) is 2.16. The summed E-state index contributed by atoms with van der Waals surface area (Å²) < 4.78 is 5.69. The molecule has 2 atom stereocenters. The first kappa shape index (κ1) is 28.3. The Balaban J connectivity index is 2.23. The zero-order valence-corrected chi connectivity index (χ0v) is 21.3. The van der Waals surface area contributed by atoms with Gasteiger partial charge in [-0.15, -0.1) is 0 Å². The molecule has 0 radical (unpaired) electrons. The summed E-state index contributed by atoms with van der Waals surface area (Å²) in [7, 11) is 0. The third kappa shape index (κ3) is 9.67. The summed E-state index contributed by atoms with van der Waals surface area (Å²) in [5.74, 6) is -0.642. The molecule has 0 saturated carbocycles. The van der Waals surface area contributed by atoms with Crippen LogP contribution in [-0.2, 0) is 14.4 Å². The van der Waals surface area contributed by atoms with Crippen LogP contribution in [0.15, 0.2) is 36.4 Å². The van der Waals surface area contributed by atoms with Gasteiger partial charge in [-0.3, -0.25) is 9.59 Å². The van der Waals surface area contributed by atoms with Gasteiger partial charge < -0.3 is 31.5 Å². The first-order valence-corrected chi connectivity index (χ1v) is 12.9. The lowest BCUT2D eigenvalue weighted by molar-refractivity contribution is -0.142. The van der Waals surface area contributed by atoms with Crippen molar-refractivity contribution in [2.24, 2.45) is 5.73 Å². The summed E-state index contributed by atoms with van der Waals surface area (Å²) in [6, 6.07) is 9.47. The molecule has 1 aromatic carbocycles. The fraction of sp³-hybridized carbons (Fsp3) is 0.391. The second kappa shape index (κ2) is 14.4. The third-order valence-electron chi connectivity index (χ3n) is 4.71. The fourth-order valence-electron chi connectivity index (χ4n) is 2.97. The molecule has 1 unspecified atom stereocenters. The van der Waals surface area contributed by atoms with Gasteiger partial charge in [-0.25, -0.2) is 9.78 Å². The third-order valence-corrected chi connectivity index (χ3v) is 5.83. The van der Waals surface area contributed by atoms with Gasteiger partial charge in [0.25, 0.3) is 5.91 Å². The molecule has 2 amide bonds. The summed E-state index contributed by atoms with van der Waals surface area (Å²) in [5, 5.41) is 17.7. The first-order valence-electron chi connectivity index (χ1n) is 10.9. The van der Waals surface area contributed by atoms with Crippen molar-refractivity contribution in [2.45, 2.75) is 25.4 Å². The number of hydrogen-bond acceptors (Lipinski definition) is 9. The number of carboxylic acid groups (broad SMARTS) is 1. The van der Waals surface area contributed by atoms with Crippen molar-refractivity contribution in [3.8, 4) is 17.1 Å². The van der Waals surface area contributed by atoms with E-state index in [9.17, 15) is 19.5 Å². The smallest absolute Gasteiger partial charge is 0.326 e. The minimum atomic E-state index is -1.10. The van der Waals surface area contributed by atoms with Crippen LogP contribution in [-0.4, -0.2) is 70.9 Å². The number of nitrogens with zero attached hydrogens (tertiary/aromatic N) is 1. The van der Waals surface area contributed by atoms with Crippen LogP contribution in [0.2, 0.25) is 0 Å². The van der Waals surface area contributed by atoms with E-state index in [1.54, 1.807) is 30.3 Å². The van der Waals surface area contributed by atoms with Crippen LogP contribution in [0.25, 0.3) is 11.3 Å². The van der Waals surface area contributed by atoms with E-state index in [0.717, 1.165) is 5.56 Å². The predicted octanol–water partition coefficient (Wildman–Crippen LogP) is 2.08. The lowest BCUT2D eigenvalue weighted by Gasteiger charge is -2.17. The van der Waals surface area contributed by atoms with E-state index in [2.05, 4.69) is 33.6 Å². The molecular weight excluding hydrogens is 490 g/mol. The molecular formula is C23H31N5O5S2. The van der Waals surface area contributed by atoms with Gasteiger partial charge in [0.1, 0.15) is 6.04 Å². The van der Waals surface area contributed by atoms with E-state index in [0.29, 0.717) is 41.5 Å². The molecule has 0 aliphatic carbocycles. The maximum Gasteiger partial charge on any atom is 0.326 e. The van der Waals surface area contributed by atoms with Gasteiger partial charge in [-0.1, -0.05) is 12.1 Å². The highest BCUT2D eigenvalue weighted by Gasteiger charge is 2.20. The molecule has 2 rings (SSSR count). The molecule has 12 heteroatoms. The predicted molar refractivity (Wildman–Crippen MR) is 142 cm³/mol. The quantitative estimate of drug-likeness (QED) is 0.205. The SMILES string of the molecule is CSCC[C@H](NC(=O)COc1nc(-c2cccc(NC(C)=O)c2)ccc1NCC(N)CS)C(=O)O. The lowest BCUT2D eigenvalue weighted by atomic mass is 10.1. The van der Waals surface area contributed by atoms with Crippen LogP contribution >= 0.6 is 24.4 Å². The van der Waals surface area contributed by atoms with Crippen molar-refractivity contribution < 1.29 is 24.2 Å². The van der Waals surface area contributed by atoms with Crippen LogP contribution in [0.1, 0.15) is 13.3 Å². The molecule has 1 heterocycles. The van der Waals surface area contributed by atoms with E-state index in [1.165, 1.54) is 18.7 Å². The van der Waals surface area contributed by atoms with Gasteiger partial charge in [0.05, 0.1) is 11.4 Å². The monoisotopic (exact) mass is 521 g/mol. The van der Waals surface area contributed by atoms with E-state index in [-0.39, 0.29) is 17.8 Å². The molecule has 0 fully saturated rings. The highest BCUT2D eigenvalue weighted by Crippen LogP contribution is 2.28. The van der Waals surface area contributed by atoms with Crippen molar-refractivity contribution in [2.75, 3.05) is 41.5 Å². The topological polar surface area (TPSA) is 156 Å². The lowest BCUT2D eigenvalue weighted by Crippen LogP contribution is -2.43. The summed E-state index contributed by atoms with van der Waals surface area (Å²) in [4.78, 5) is 39.7. The minimum absolute atomic E-state index is 0.157. The number of pyridine rings is 1. The van der Waals surface area contributed by atoms with Crippen molar-refractivity contribution in [3.63, 3.8) is 0 Å². The van der Waals surface area contributed by atoms with Crippen LogP contribution in [0.5, 0.6) is 5.88 Å². The van der Waals surface area contributed by atoms with Crippen LogP contribution in [0.4, 0.5) is 11.4 Å². The van der Waals surface area contributed by atoms with E-state index >= 15 is 0 Å². The minimum Gasteiger partial charge on any atom is -0.480 e. The number of carbonyl (C=O) groups is 3. The van der Waals surface area contributed by atoms with Crippen molar-refractivity contribution >= 4 is 53.5 Å². The summed E-state index contributed by atoms with van der Waals surface area (Å²) in [6.45, 7) is 1.41. The Labute approximate surface area is 214 Å². The number of thioether (sulfide) groups is 1. The Morgan fingerprint density at radius 2 is 2.03 bits per heavy atom. The standard InChI is InChI=1S/C23H31N5O5S2/c1-14(29)26-17-5-3-4-15(10-17)18-6-7-19(25-11-16(24)13-34)22(28-18)33-12-21(30)27-20(23(31)32)8-9-35-2/h3-7,10,16,20,25,34H,8-9,11-13,24H2,1-2H3,(H,26,29)(H,27,30)(H,31,32)/t16?,20-/m0/s1. The first-order chi connectivity index (χ1) is 16.7. The second-order valence-corrected chi connectivity index (χ2v) is 9.01. The van der Waals surface area contributed by atoms with Gasteiger partial charge in [0, 0.05) is 36.5 Å². The van der Waals surface area contributed by atoms with Crippen LogP contribution < -0.4 is 26.4 Å². The number of carboxylic acids is 1.